The Labute approximate surface area is 113 Å². The molecule has 102 valence electrons. The minimum absolute atomic E-state index is 0.520. The zero-order valence-corrected chi connectivity index (χ0v) is 11.2. The lowest BCUT2D eigenvalue weighted by molar-refractivity contribution is 0.145. The third-order valence-electron chi connectivity index (χ3n) is 4.05. The molecule has 1 aromatic rings. The lowest BCUT2D eigenvalue weighted by Crippen LogP contribution is -2.44. The number of piperazine rings is 1. The van der Waals surface area contributed by atoms with Gasteiger partial charge in [-0.1, -0.05) is 6.07 Å². The fourth-order valence-corrected chi connectivity index (χ4v) is 2.78. The van der Waals surface area contributed by atoms with Crippen molar-refractivity contribution in [3.05, 3.63) is 29.3 Å². The van der Waals surface area contributed by atoms with E-state index in [1.165, 1.54) is 10.6 Å². The highest BCUT2D eigenvalue weighted by Crippen LogP contribution is 2.27. The van der Waals surface area contributed by atoms with E-state index >= 15 is 0 Å². The van der Waals surface area contributed by atoms with Crippen molar-refractivity contribution in [3.8, 4) is 0 Å². The molecular formula is C14H19N3O2. The number of anilines is 1. The molecule has 0 aromatic heterocycles. The molecule has 3 rings (SSSR count). The van der Waals surface area contributed by atoms with Crippen LogP contribution in [0, 0.1) is 0 Å². The second-order valence-electron chi connectivity index (χ2n) is 5.38. The average Bonchev–Trinajstić information content (AvgIpc) is 2.82. The third kappa shape index (κ3) is 2.38. The average molecular weight is 261 g/mol. The zero-order chi connectivity index (χ0) is 13.4. The van der Waals surface area contributed by atoms with Crippen LogP contribution in [0.3, 0.4) is 0 Å². The molecule has 1 aromatic carbocycles. The summed E-state index contributed by atoms with van der Waals surface area (Å²) >= 11 is 0. The van der Waals surface area contributed by atoms with E-state index in [1.807, 2.05) is 0 Å². The lowest BCUT2D eigenvalue weighted by Gasteiger charge is -2.34. The first kappa shape index (κ1) is 12.3. The number of benzene rings is 1. The van der Waals surface area contributed by atoms with E-state index in [-0.39, 0.29) is 0 Å². The number of nitrogens with zero attached hydrogens (tertiary/aromatic N) is 3. The van der Waals surface area contributed by atoms with Crippen LogP contribution in [0.25, 0.3) is 0 Å². The standard InChI is InChI=1S/C14H19N3O2/c1-15-4-6-16(7-5-15)13-3-2-11-9-17(14(18)19)10-12(11)8-13/h2-3,8H,4-7,9-10H2,1H3,(H,18,19). The molecule has 5 heteroatoms. The zero-order valence-electron chi connectivity index (χ0n) is 11.2. The highest BCUT2D eigenvalue weighted by atomic mass is 16.4. The predicted octanol–water partition coefficient (Wildman–Crippen LogP) is 1.43. The number of amides is 1. The molecule has 0 saturated carbocycles. The minimum Gasteiger partial charge on any atom is -0.465 e. The van der Waals surface area contributed by atoms with Crippen molar-refractivity contribution in [1.82, 2.24) is 9.80 Å². The molecule has 0 aliphatic carbocycles. The largest absolute Gasteiger partial charge is 0.465 e. The van der Waals surface area contributed by atoms with E-state index in [4.69, 9.17) is 5.11 Å². The van der Waals surface area contributed by atoms with Crippen molar-refractivity contribution in [3.63, 3.8) is 0 Å². The van der Waals surface area contributed by atoms with Gasteiger partial charge in [-0.05, 0) is 30.3 Å². The van der Waals surface area contributed by atoms with Gasteiger partial charge in [0, 0.05) is 45.0 Å². The summed E-state index contributed by atoms with van der Waals surface area (Å²) in [6, 6.07) is 6.35. The molecule has 0 unspecified atom stereocenters. The van der Waals surface area contributed by atoms with Crippen LogP contribution < -0.4 is 4.90 Å². The molecule has 0 radical (unpaired) electrons. The predicted molar refractivity (Wildman–Crippen MR) is 73.4 cm³/mol. The Bertz CT molecular complexity index is 495. The van der Waals surface area contributed by atoms with Crippen LogP contribution in [0.1, 0.15) is 11.1 Å². The van der Waals surface area contributed by atoms with Crippen molar-refractivity contribution in [2.75, 3.05) is 38.1 Å². The molecule has 2 aliphatic heterocycles. The van der Waals surface area contributed by atoms with Crippen LogP contribution in [0.5, 0.6) is 0 Å². The molecule has 1 saturated heterocycles. The van der Waals surface area contributed by atoms with E-state index in [0.717, 1.165) is 37.3 Å². The van der Waals surface area contributed by atoms with Gasteiger partial charge in [-0.3, -0.25) is 4.90 Å². The maximum absolute atomic E-state index is 11.0. The monoisotopic (exact) mass is 261 g/mol. The van der Waals surface area contributed by atoms with E-state index in [9.17, 15) is 4.79 Å². The minimum atomic E-state index is -0.836. The van der Waals surface area contributed by atoms with Crippen LogP contribution >= 0.6 is 0 Å². The number of hydrogen-bond donors (Lipinski definition) is 1. The van der Waals surface area contributed by atoms with Gasteiger partial charge in [-0.15, -0.1) is 0 Å². The third-order valence-corrected chi connectivity index (χ3v) is 4.05. The Balaban J connectivity index is 1.76. The number of fused-ring (bicyclic) bond motifs is 1. The maximum Gasteiger partial charge on any atom is 0.407 e. The summed E-state index contributed by atoms with van der Waals surface area (Å²) in [7, 11) is 2.14. The van der Waals surface area contributed by atoms with Crippen LogP contribution in [-0.4, -0.2) is 54.2 Å². The Morgan fingerprint density at radius 2 is 1.79 bits per heavy atom. The van der Waals surface area contributed by atoms with Gasteiger partial charge in [0.15, 0.2) is 0 Å². The van der Waals surface area contributed by atoms with Crippen molar-refractivity contribution < 1.29 is 9.90 Å². The summed E-state index contributed by atoms with van der Waals surface area (Å²) in [6.07, 6.45) is -0.836. The summed E-state index contributed by atoms with van der Waals surface area (Å²) in [5, 5.41) is 9.04. The van der Waals surface area contributed by atoms with Crippen molar-refractivity contribution in [2.45, 2.75) is 13.1 Å². The molecule has 1 amide bonds. The molecule has 0 atom stereocenters. The van der Waals surface area contributed by atoms with Gasteiger partial charge in [-0.25, -0.2) is 4.79 Å². The van der Waals surface area contributed by atoms with E-state index in [2.05, 4.69) is 35.0 Å². The second-order valence-corrected chi connectivity index (χ2v) is 5.38. The Morgan fingerprint density at radius 1 is 1.11 bits per heavy atom. The molecule has 2 aliphatic rings. The summed E-state index contributed by atoms with van der Waals surface area (Å²) in [4.78, 5) is 17.2. The molecule has 5 nitrogen and oxygen atoms in total. The van der Waals surface area contributed by atoms with E-state index < -0.39 is 6.09 Å². The topological polar surface area (TPSA) is 47.0 Å². The second kappa shape index (κ2) is 4.74. The summed E-state index contributed by atoms with van der Waals surface area (Å²) in [6.45, 7) is 5.28. The van der Waals surface area contributed by atoms with Gasteiger partial charge in [0.2, 0.25) is 0 Å². The normalized spacial score (nSPS) is 19.6. The van der Waals surface area contributed by atoms with Gasteiger partial charge in [-0.2, -0.15) is 0 Å². The van der Waals surface area contributed by atoms with Crippen molar-refractivity contribution >= 4 is 11.8 Å². The molecule has 1 N–H and O–H groups in total. The van der Waals surface area contributed by atoms with Gasteiger partial charge < -0.3 is 14.9 Å². The first-order valence-electron chi connectivity index (χ1n) is 6.66. The molecule has 2 heterocycles. The Morgan fingerprint density at radius 3 is 2.47 bits per heavy atom. The molecule has 0 bridgehead atoms. The smallest absolute Gasteiger partial charge is 0.407 e. The summed E-state index contributed by atoms with van der Waals surface area (Å²) < 4.78 is 0. The fourth-order valence-electron chi connectivity index (χ4n) is 2.78. The molecule has 19 heavy (non-hydrogen) atoms. The van der Waals surface area contributed by atoms with Crippen molar-refractivity contribution in [1.29, 1.82) is 0 Å². The number of carbonyl (C=O) groups is 1. The SMILES string of the molecule is CN1CCN(c2ccc3c(c2)CN(C(=O)O)C3)CC1. The number of rotatable bonds is 1. The van der Waals surface area contributed by atoms with E-state index in [0.29, 0.717) is 13.1 Å². The number of likely N-dealkylation sites (N-methyl/N-ethyl adjacent to an activating group) is 1. The first-order valence-corrected chi connectivity index (χ1v) is 6.66. The van der Waals surface area contributed by atoms with Crippen LogP contribution in [0.2, 0.25) is 0 Å². The summed E-state index contributed by atoms with van der Waals surface area (Å²) in [5.74, 6) is 0. The highest BCUT2D eigenvalue weighted by molar-refractivity contribution is 5.67. The summed E-state index contributed by atoms with van der Waals surface area (Å²) in [5.41, 5.74) is 3.51. The molecule has 1 fully saturated rings. The Kier molecular flexibility index (Phi) is 3.06. The van der Waals surface area contributed by atoms with Gasteiger partial charge in [0.25, 0.3) is 0 Å². The molecule has 0 spiro atoms. The van der Waals surface area contributed by atoms with Gasteiger partial charge in [0.05, 0.1) is 0 Å². The quantitative estimate of drug-likeness (QED) is 0.831. The number of hydrogen-bond acceptors (Lipinski definition) is 3. The van der Waals surface area contributed by atoms with Crippen LogP contribution in [0.15, 0.2) is 18.2 Å². The molecular weight excluding hydrogens is 242 g/mol. The van der Waals surface area contributed by atoms with Crippen molar-refractivity contribution in [2.24, 2.45) is 0 Å². The van der Waals surface area contributed by atoms with Crippen LogP contribution in [-0.2, 0) is 13.1 Å². The fraction of sp³-hybridized carbons (Fsp3) is 0.500. The first-order chi connectivity index (χ1) is 9.13. The highest BCUT2D eigenvalue weighted by Gasteiger charge is 2.24. The number of carboxylic acid groups (broad SMARTS) is 1. The van der Waals surface area contributed by atoms with Gasteiger partial charge in [0.1, 0.15) is 0 Å². The Hall–Kier alpha value is -1.75. The van der Waals surface area contributed by atoms with E-state index in [1.54, 1.807) is 0 Å². The maximum atomic E-state index is 11.0. The van der Waals surface area contributed by atoms with Gasteiger partial charge >= 0.3 is 6.09 Å². The lowest BCUT2D eigenvalue weighted by atomic mass is 10.1. The van der Waals surface area contributed by atoms with Crippen LogP contribution in [0.4, 0.5) is 10.5 Å².